The predicted molar refractivity (Wildman–Crippen MR) is 90.5 cm³/mol. The number of hydrogen-bond donors (Lipinski definition) is 0. The molecule has 0 atom stereocenters. The monoisotopic (exact) mass is 326 g/mol. The van der Waals surface area contributed by atoms with Crippen LogP contribution in [0.15, 0.2) is 24.3 Å². The summed E-state index contributed by atoms with van der Waals surface area (Å²) < 4.78 is 25.4. The highest BCUT2D eigenvalue weighted by molar-refractivity contribution is 7.92. The lowest BCUT2D eigenvalue weighted by molar-refractivity contribution is -0.129. The molecule has 0 heterocycles. The molecule has 0 saturated heterocycles. The summed E-state index contributed by atoms with van der Waals surface area (Å²) >= 11 is 0. The molecule has 0 aliphatic heterocycles. The zero-order valence-electron chi connectivity index (χ0n) is 13.9. The molecule has 1 aromatic rings. The van der Waals surface area contributed by atoms with Gasteiger partial charge in [0.25, 0.3) is 0 Å². The molecule has 1 rings (SSSR count). The second-order valence-electron chi connectivity index (χ2n) is 5.54. The van der Waals surface area contributed by atoms with E-state index < -0.39 is 10.0 Å². The zero-order valence-corrected chi connectivity index (χ0v) is 14.7. The molecule has 0 saturated carbocycles. The number of sulfonamides is 1. The number of carbonyl (C=O) groups excluding carboxylic acids is 1. The molecule has 0 aliphatic rings. The summed E-state index contributed by atoms with van der Waals surface area (Å²) in [7, 11) is -1.66. The van der Waals surface area contributed by atoms with Crippen molar-refractivity contribution in [1.29, 1.82) is 0 Å². The largest absolute Gasteiger partial charge is 0.346 e. The van der Waals surface area contributed by atoms with Crippen LogP contribution < -0.4 is 4.31 Å². The van der Waals surface area contributed by atoms with E-state index in [0.717, 1.165) is 18.4 Å². The van der Waals surface area contributed by atoms with Crippen LogP contribution in [0.25, 0.3) is 0 Å². The fourth-order valence-corrected chi connectivity index (χ4v) is 3.20. The standard InChI is InChI=1S/C16H26N2O3S/c1-5-6-12-17(3)16(19)11-13-18(22(4,20)21)15-10-8-7-9-14(15)2/h7-10H,5-6,11-13H2,1-4H3. The second kappa shape index (κ2) is 8.17. The molecule has 0 unspecified atom stereocenters. The highest BCUT2D eigenvalue weighted by Crippen LogP contribution is 2.22. The number of rotatable bonds is 8. The first-order chi connectivity index (χ1) is 10.3. The third kappa shape index (κ3) is 5.33. The SMILES string of the molecule is CCCCN(C)C(=O)CCN(c1ccccc1C)S(C)(=O)=O. The van der Waals surface area contributed by atoms with Crippen LogP contribution in [0.2, 0.25) is 0 Å². The van der Waals surface area contributed by atoms with Crippen molar-refractivity contribution in [1.82, 2.24) is 4.90 Å². The van der Waals surface area contributed by atoms with Gasteiger partial charge in [-0.25, -0.2) is 8.42 Å². The van der Waals surface area contributed by atoms with E-state index in [1.807, 2.05) is 19.1 Å². The number of unbranched alkanes of at least 4 members (excludes halogenated alkanes) is 1. The Bertz CT molecular complexity index is 599. The number of para-hydroxylation sites is 1. The van der Waals surface area contributed by atoms with Crippen LogP contribution in [0.4, 0.5) is 5.69 Å². The van der Waals surface area contributed by atoms with E-state index >= 15 is 0 Å². The molecule has 22 heavy (non-hydrogen) atoms. The van der Waals surface area contributed by atoms with Crippen molar-refractivity contribution < 1.29 is 13.2 Å². The highest BCUT2D eigenvalue weighted by Gasteiger charge is 2.20. The molecule has 0 spiro atoms. The van der Waals surface area contributed by atoms with Gasteiger partial charge < -0.3 is 4.90 Å². The lowest BCUT2D eigenvalue weighted by Gasteiger charge is -2.25. The Hall–Kier alpha value is -1.56. The summed E-state index contributed by atoms with van der Waals surface area (Å²) in [5, 5.41) is 0. The minimum absolute atomic E-state index is 0.0318. The number of benzene rings is 1. The van der Waals surface area contributed by atoms with Gasteiger partial charge in [0, 0.05) is 26.6 Å². The molecule has 0 aliphatic carbocycles. The fraction of sp³-hybridized carbons (Fsp3) is 0.562. The molecular weight excluding hydrogens is 300 g/mol. The maximum Gasteiger partial charge on any atom is 0.232 e. The second-order valence-corrected chi connectivity index (χ2v) is 7.45. The number of anilines is 1. The van der Waals surface area contributed by atoms with Gasteiger partial charge in [-0.1, -0.05) is 31.5 Å². The first kappa shape index (κ1) is 18.5. The maximum absolute atomic E-state index is 12.1. The van der Waals surface area contributed by atoms with E-state index in [4.69, 9.17) is 0 Å². The Kier molecular flexibility index (Phi) is 6.87. The molecule has 0 radical (unpaired) electrons. The van der Waals surface area contributed by atoms with Crippen molar-refractivity contribution >= 4 is 21.6 Å². The summed E-state index contributed by atoms with van der Waals surface area (Å²) in [5.74, 6) is -0.0318. The third-order valence-corrected chi connectivity index (χ3v) is 4.77. The van der Waals surface area contributed by atoms with Crippen molar-refractivity contribution in [2.24, 2.45) is 0 Å². The van der Waals surface area contributed by atoms with Gasteiger partial charge in [-0.2, -0.15) is 0 Å². The van der Waals surface area contributed by atoms with Gasteiger partial charge in [-0.05, 0) is 25.0 Å². The summed E-state index contributed by atoms with van der Waals surface area (Å²) in [6.45, 7) is 4.81. The lowest BCUT2D eigenvalue weighted by atomic mass is 10.2. The first-order valence-electron chi connectivity index (χ1n) is 7.54. The molecule has 5 nitrogen and oxygen atoms in total. The van der Waals surface area contributed by atoms with Gasteiger partial charge in [0.15, 0.2) is 0 Å². The van der Waals surface area contributed by atoms with Gasteiger partial charge in [-0.3, -0.25) is 9.10 Å². The zero-order chi connectivity index (χ0) is 16.8. The third-order valence-electron chi connectivity index (χ3n) is 3.59. The molecule has 0 aromatic heterocycles. The van der Waals surface area contributed by atoms with Crippen molar-refractivity contribution in [3.63, 3.8) is 0 Å². The predicted octanol–water partition coefficient (Wildman–Crippen LogP) is 2.41. The van der Waals surface area contributed by atoms with E-state index in [9.17, 15) is 13.2 Å². The highest BCUT2D eigenvalue weighted by atomic mass is 32.2. The average molecular weight is 326 g/mol. The minimum atomic E-state index is -3.42. The van der Waals surface area contributed by atoms with E-state index in [0.29, 0.717) is 12.2 Å². The Balaban J connectivity index is 2.81. The van der Waals surface area contributed by atoms with Crippen LogP contribution in [-0.4, -0.2) is 45.6 Å². The number of amides is 1. The van der Waals surface area contributed by atoms with Crippen molar-refractivity contribution in [2.45, 2.75) is 33.1 Å². The Morgan fingerprint density at radius 1 is 1.18 bits per heavy atom. The van der Waals surface area contributed by atoms with E-state index in [2.05, 4.69) is 6.92 Å². The summed E-state index contributed by atoms with van der Waals surface area (Å²) in [6, 6.07) is 7.29. The van der Waals surface area contributed by atoms with Crippen LogP contribution in [0.1, 0.15) is 31.7 Å². The molecule has 1 aromatic carbocycles. The van der Waals surface area contributed by atoms with Crippen molar-refractivity contribution in [3.05, 3.63) is 29.8 Å². The smallest absolute Gasteiger partial charge is 0.232 e. The van der Waals surface area contributed by atoms with Gasteiger partial charge >= 0.3 is 0 Å². The van der Waals surface area contributed by atoms with Crippen LogP contribution in [-0.2, 0) is 14.8 Å². The fourth-order valence-electron chi connectivity index (χ4n) is 2.22. The summed E-state index contributed by atoms with van der Waals surface area (Å²) in [5.41, 5.74) is 1.51. The summed E-state index contributed by atoms with van der Waals surface area (Å²) in [4.78, 5) is 13.8. The Morgan fingerprint density at radius 3 is 2.36 bits per heavy atom. The molecule has 0 bridgehead atoms. The molecule has 1 amide bonds. The van der Waals surface area contributed by atoms with Gasteiger partial charge in [0.1, 0.15) is 0 Å². The van der Waals surface area contributed by atoms with Crippen molar-refractivity contribution in [2.75, 3.05) is 30.7 Å². The van der Waals surface area contributed by atoms with Crippen LogP contribution in [0, 0.1) is 6.92 Å². The molecule has 0 N–H and O–H groups in total. The molecular formula is C16H26N2O3S. The van der Waals surface area contributed by atoms with E-state index in [-0.39, 0.29) is 18.9 Å². The van der Waals surface area contributed by atoms with E-state index in [1.54, 1.807) is 24.1 Å². The number of nitrogens with zero attached hydrogens (tertiary/aromatic N) is 2. The number of aryl methyl sites for hydroxylation is 1. The topological polar surface area (TPSA) is 57.7 Å². The quantitative estimate of drug-likeness (QED) is 0.737. The summed E-state index contributed by atoms with van der Waals surface area (Å²) in [6.07, 6.45) is 3.33. The minimum Gasteiger partial charge on any atom is -0.346 e. The van der Waals surface area contributed by atoms with Crippen LogP contribution in [0.5, 0.6) is 0 Å². The van der Waals surface area contributed by atoms with Crippen LogP contribution in [0.3, 0.4) is 0 Å². The van der Waals surface area contributed by atoms with E-state index in [1.165, 1.54) is 10.6 Å². The Labute approximate surface area is 134 Å². The van der Waals surface area contributed by atoms with Crippen LogP contribution >= 0.6 is 0 Å². The molecule has 0 fully saturated rings. The average Bonchev–Trinajstić information content (AvgIpc) is 2.45. The first-order valence-corrected chi connectivity index (χ1v) is 9.39. The van der Waals surface area contributed by atoms with Gasteiger partial charge in [0.05, 0.1) is 11.9 Å². The maximum atomic E-state index is 12.1. The van der Waals surface area contributed by atoms with Gasteiger partial charge in [-0.15, -0.1) is 0 Å². The number of carbonyl (C=O) groups is 1. The lowest BCUT2D eigenvalue weighted by Crippen LogP contribution is -2.36. The van der Waals surface area contributed by atoms with Gasteiger partial charge in [0.2, 0.25) is 15.9 Å². The molecule has 124 valence electrons. The Morgan fingerprint density at radius 2 is 1.82 bits per heavy atom. The normalized spacial score (nSPS) is 11.3. The number of hydrogen-bond acceptors (Lipinski definition) is 3. The molecule has 6 heteroatoms. The van der Waals surface area contributed by atoms with Crippen molar-refractivity contribution in [3.8, 4) is 0 Å².